The lowest BCUT2D eigenvalue weighted by atomic mass is 10.1. The second-order valence-electron chi connectivity index (χ2n) is 5.46. The molecule has 0 aromatic carbocycles. The van der Waals surface area contributed by atoms with Crippen LogP contribution in [0, 0.1) is 0 Å². The quantitative estimate of drug-likeness (QED) is 0.848. The van der Waals surface area contributed by atoms with E-state index in [4.69, 9.17) is 5.73 Å². The second-order valence-corrected chi connectivity index (χ2v) is 6.43. The van der Waals surface area contributed by atoms with Crippen LogP contribution in [0.5, 0.6) is 0 Å². The zero-order chi connectivity index (χ0) is 14.1. The number of aromatic nitrogens is 1. The Morgan fingerprint density at radius 1 is 1.35 bits per heavy atom. The number of nitrogen functional groups attached to an aromatic ring is 1. The summed E-state index contributed by atoms with van der Waals surface area (Å²) in [5.41, 5.74) is 7.30. The van der Waals surface area contributed by atoms with Crippen molar-refractivity contribution in [3.63, 3.8) is 0 Å². The monoisotopic (exact) mass is 292 g/mol. The SMILES string of the molecule is CC1=CCN(C(=O)c2sc(N3CCCC3)nc2N)CC1. The lowest BCUT2D eigenvalue weighted by molar-refractivity contribution is 0.0774. The van der Waals surface area contributed by atoms with Crippen LogP contribution in [0.2, 0.25) is 0 Å². The number of nitrogens with zero attached hydrogens (tertiary/aromatic N) is 3. The van der Waals surface area contributed by atoms with Crippen molar-refractivity contribution in [2.45, 2.75) is 26.2 Å². The minimum absolute atomic E-state index is 0.0224. The highest BCUT2D eigenvalue weighted by Gasteiger charge is 2.25. The molecular formula is C14H20N4OS. The van der Waals surface area contributed by atoms with Crippen molar-refractivity contribution in [1.82, 2.24) is 9.88 Å². The van der Waals surface area contributed by atoms with Gasteiger partial charge >= 0.3 is 0 Å². The molecule has 0 atom stereocenters. The zero-order valence-electron chi connectivity index (χ0n) is 11.8. The lowest BCUT2D eigenvalue weighted by Crippen LogP contribution is -2.34. The molecule has 2 N–H and O–H groups in total. The molecule has 5 nitrogen and oxygen atoms in total. The summed E-state index contributed by atoms with van der Waals surface area (Å²) in [6.07, 6.45) is 5.45. The summed E-state index contributed by atoms with van der Waals surface area (Å²) in [6, 6.07) is 0. The number of rotatable bonds is 2. The highest BCUT2D eigenvalue weighted by atomic mass is 32.1. The molecule has 108 valence electrons. The van der Waals surface area contributed by atoms with Gasteiger partial charge in [0, 0.05) is 26.2 Å². The van der Waals surface area contributed by atoms with Crippen LogP contribution in [0.25, 0.3) is 0 Å². The highest BCUT2D eigenvalue weighted by Crippen LogP contribution is 2.31. The normalized spacial score (nSPS) is 19.4. The van der Waals surface area contributed by atoms with Crippen molar-refractivity contribution in [2.24, 2.45) is 0 Å². The summed E-state index contributed by atoms with van der Waals surface area (Å²) >= 11 is 1.44. The number of nitrogens with two attached hydrogens (primary N) is 1. The van der Waals surface area contributed by atoms with E-state index in [2.05, 4.69) is 22.9 Å². The van der Waals surface area contributed by atoms with Crippen molar-refractivity contribution in [1.29, 1.82) is 0 Å². The van der Waals surface area contributed by atoms with E-state index in [9.17, 15) is 4.79 Å². The summed E-state index contributed by atoms with van der Waals surface area (Å²) in [6.45, 7) is 5.60. The van der Waals surface area contributed by atoms with Gasteiger partial charge in [-0.1, -0.05) is 23.0 Å². The van der Waals surface area contributed by atoms with Crippen LogP contribution in [0.4, 0.5) is 10.9 Å². The van der Waals surface area contributed by atoms with E-state index in [-0.39, 0.29) is 5.91 Å². The van der Waals surface area contributed by atoms with Crippen LogP contribution >= 0.6 is 11.3 Å². The number of carbonyl (C=O) groups excluding carboxylic acids is 1. The van der Waals surface area contributed by atoms with E-state index in [1.54, 1.807) is 0 Å². The van der Waals surface area contributed by atoms with Gasteiger partial charge < -0.3 is 15.5 Å². The van der Waals surface area contributed by atoms with Crippen LogP contribution in [-0.2, 0) is 0 Å². The van der Waals surface area contributed by atoms with Gasteiger partial charge in [-0.2, -0.15) is 0 Å². The van der Waals surface area contributed by atoms with E-state index in [1.807, 2.05) is 4.90 Å². The fraction of sp³-hybridized carbons (Fsp3) is 0.571. The third-order valence-electron chi connectivity index (χ3n) is 3.94. The standard InChI is InChI=1S/C14H20N4OS/c1-10-4-8-17(9-5-10)13(19)11-12(15)16-14(20-11)18-6-2-3-7-18/h4H,2-3,5-9,15H2,1H3. The third-order valence-corrected chi connectivity index (χ3v) is 5.06. The number of hydrogen-bond acceptors (Lipinski definition) is 5. The lowest BCUT2D eigenvalue weighted by Gasteiger charge is -2.24. The Balaban J connectivity index is 1.77. The molecule has 0 unspecified atom stereocenters. The molecule has 1 aromatic heterocycles. The molecule has 1 amide bonds. The topological polar surface area (TPSA) is 62.5 Å². The average Bonchev–Trinajstić information content (AvgIpc) is 3.08. The van der Waals surface area contributed by atoms with E-state index < -0.39 is 0 Å². The van der Waals surface area contributed by atoms with Crippen molar-refractivity contribution >= 4 is 28.2 Å². The summed E-state index contributed by atoms with van der Waals surface area (Å²) < 4.78 is 0. The largest absolute Gasteiger partial charge is 0.382 e. The molecule has 20 heavy (non-hydrogen) atoms. The Kier molecular flexibility index (Phi) is 3.65. The van der Waals surface area contributed by atoms with Crippen molar-refractivity contribution < 1.29 is 4.79 Å². The molecule has 0 bridgehead atoms. The molecule has 6 heteroatoms. The Morgan fingerprint density at radius 2 is 2.10 bits per heavy atom. The van der Waals surface area contributed by atoms with Crippen LogP contribution < -0.4 is 10.6 Å². The first-order chi connectivity index (χ1) is 9.65. The van der Waals surface area contributed by atoms with Gasteiger partial charge in [0.25, 0.3) is 5.91 Å². The number of hydrogen-bond donors (Lipinski definition) is 1. The van der Waals surface area contributed by atoms with Crippen LogP contribution in [0.3, 0.4) is 0 Å². The van der Waals surface area contributed by atoms with Gasteiger partial charge in [0.2, 0.25) is 0 Å². The molecule has 3 heterocycles. The fourth-order valence-electron chi connectivity index (χ4n) is 2.62. The predicted octanol–water partition coefficient (Wildman–Crippen LogP) is 2.12. The van der Waals surface area contributed by atoms with Gasteiger partial charge in [-0.15, -0.1) is 0 Å². The average molecular weight is 292 g/mol. The predicted molar refractivity (Wildman–Crippen MR) is 82.3 cm³/mol. The molecule has 0 radical (unpaired) electrons. The molecule has 2 aliphatic heterocycles. The first-order valence-electron chi connectivity index (χ1n) is 7.11. The van der Waals surface area contributed by atoms with E-state index >= 15 is 0 Å². The Hall–Kier alpha value is -1.56. The molecular weight excluding hydrogens is 272 g/mol. The van der Waals surface area contributed by atoms with E-state index in [0.717, 1.165) is 31.2 Å². The molecule has 0 spiro atoms. The number of amides is 1. The molecule has 0 aliphatic carbocycles. The second kappa shape index (κ2) is 5.44. The Labute approximate surface area is 123 Å². The summed E-state index contributed by atoms with van der Waals surface area (Å²) in [5.74, 6) is 0.405. The Morgan fingerprint density at radius 3 is 2.75 bits per heavy atom. The minimum Gasteiger partial charge on any atom is -0.382 e. The van der Waals surface area contributed by atoms with Crippen LogP contribution in [0.15, 0.2) is 11.6 Å². The summed E-state index contributed by atoms with van der Waals surface area (Å²) in [7, 11) is 0. The van der Waals surface area contributed by atoms with Gasteiger partial charge in [-0.05, 0) is 26.2 Å². The Bertz CT molecular complexity index is 545. The number of thiazole rings is 1. The molecule has 2 aliphatic rings. The van der Waals surface area contributed by atoms with Crippen LogP contribution in [0.1, 0.15) is 35.9 Å². The molecule has 3 rings (SSSR count). The minimum atomic E-state index is 0.0224. The summed E-state index contributed by atoms with van der Waals surface area (Å²) in [4.78, 5) is 21.6. The van der Waals surface area contributed by atoms with Crippen LogP contribution in [-0.4, -0.2) is 42.0 Å². The summed E-state index contributed by atoms with van der Waals surface area (Å²) in [5, 5.41) is 0.895. The van der Waals surface area contributed by atoms with E-state index in [0.29, 0.717) is 17.2 Å². The van der Waals surface area contributed by atoms with Gasteiger partial charge in [0.05, 0.1) is 0 Å². The first kappa shape index (κ1) is 13.4. The van der Waals surface area contributed by atoms with Gasteiger partial charge in [-0.3, -0.25) is 4.79 Å². The number of anilines is 2. The van der Waals surface area contributed by atoms with Gasteiger partial charge in [-0.25, -0.2) is 4.98 Å². The first-order valence-corrected chi connectivity index (χ1v) is 7.93. The third kappa shape index (κ3) is 2.52. The number of carbonyl (C=O) groups is 1. The molecule has 0 saturated carbocycles. The highest BCUT2D eigenvalue weighted by molar-refractivity contribution is 7.18. The maximum absolute atomic E-state index is 12.5. The molecule has 1 saturated heterocycles. The molecule has 1 fully saturated rings. The smallest absolute Gasteiger partial charge is 0.268 e. The van der Waals surface area contributed by atoms with Crippen molar-refractivity contribution in [2.75, 3.05) is 36.8 Å². The zero-order valence-corrected chi connectivity index (χ0v) is 12.6. The van der Waals surface area contributed by atoms with Gasteiger partial charge in [0.1, 0.15) is 10.7 Å². The molecule has 1 aromatic rings. The van der Waals surface area contributed by atoms with Crippen molar-refractivity contribution in [3.05, 3.63) is 16.5 Å². The maximum atomic E-state index is 12.5. The van der Waals surface area contributed by atoms with Gasteiger partial charge in [0.15, 0.2) is 5.13 Å². The maximum Gasteiger partial charge on any atom is 0.268 e. The fourth-order valence-corrected chi connectivity index (χ4v) is 3.62. The van der Waals surface area contributed by atoms with E-state index in [1.165, 1.54) is 29.8 Å². The van der Waals surface area contributed by atoms with Crippen molar-refractivity contribution in [3.8, 4) is 0 Å².